The maximum atomic E-state index is 13.6. The number of amides is 1. The van der Waals surface area contributed by atoms with Gasteiger partial charge in [0.15, 0.2) is 0 Å². The molecule has 4 nitrogen and oxygen atoms in total. The first-order chi connectivity index (χ1) is 14.7. The highest BCUT2D eigenvalue weighted by Crippen LogP contribution is 2.24. The summed E-state index contributed by atoms with van der Waals surface area (Å²) in [5.41, 5.74) is 4.32. The monoisotopic (exact) mass is 391 g/mol. The Morgan fingerprint density at radius 3 is 2.33 bits per heavy atom. The quantitative estimate of drug-likeness (QED) is 0.401. The second kappa shape index (κ2) is 7.48. The van der Waals surface area contributed by atoms with Crippen molar-refractivity contribution in [2.45, 2.75) is 6.54 Å². The average Bonchev–Trinajstić information content (AvgIpc) is 3.12. The van der Waals surface area contributed by atoms with Crippen LogP contribution in [-0.2, 0) is 13.6 Å². The van der Waals surface area contributed by atoms with Crippen molar-refractivity contribution in [1.82, 2.24) is 9.55 Å². The van der Waals surface area contributed by atoms with Crippen molar-refractivity contribution in [3.63, 3.8) is 0 Å². The summed E-state index contributed by atoms with van der Waals surface area (Å²) in [6.45, 7) is 0.461. The predicted octanol–water partition coefficient (Wildman–Crippen LogP) is 5.57. The van der Waals surface area contributed by atoms with E-state index < -0.39 is 0 Å². The number of hydrogen-bond donors (Lipinski definition) is 0. The molecule has 0 aliphatic rings. The number of aromatic nitrogens is 2. The fraction of sp³-hybridized carbons (Fsp3) is 0.0769. The van der Waals surface area contributed by atoms with Gasteiger partial charge in [-0.05, 0) is 41.8 Å². The lowest BCUT2D eigenvalue weighted by Crippen LogP contribution is -2.31. The summed E-state index contributed by atoms with van der Waals surface area (Å²) in [6.07, 6.45) is 0. The van der Waals surface area contributed by atoms with Gasteiger partial charge in [-0.3, -0.25) is 4.79 Å². The van der Waals surface area contributed by atoms with E-state index in [1.165, 1.54) is 5.39 Å². The van der Waals surface area contributed by atoms with Crippen molar-refractivity contribution in [3.05, 3.63) is 108 Å². The van der Waals surface area contributed by atoms with E-state index in [0.717, 1.165) is 27.8 Å². The molecule has 0 aliphatic carbocycles. The van der Waals surface area contributed by atoms with Crippen molar-refractivity contribution in [3.8, 4) is 0 Å². The minimum Gasteiger partial charge on any atom is -0.346 e. The second-order valence-corrected chi connectivity index (χ2v) is 7.37. The molecule has 3 aromatic carbocycles. The molecule has 146 valence electrons. The lowest BCUT2D eigenvalue weighted by atomic mass is 10.2. The molecule has 4 heteroatoms. The number of fused-ring (bicyclic) bond motifs is 2. The largest absolute Gasteiger partial charge is 0.346 e. The number of nitrogens with zero attached hydrogens (tertiary/aromatic N) is 3. The van der Waals surface area contributed by atoms with Crippen molar-refractivity contribution in [1.29, 1.82) is 0 Å². The van der Waals surface area contributed by atoms with E-state index in [4.69, 9.17) is 0 Å². The van der Waals surface area contributed by atoms with Gasteiger partial charge in [-0.2, -0.15) is 0 Å². The Morgan fingerprint density at radius 2 is 1.53 bits per heavy atom. The molecule has 0 atom stereocenters. The van der Waals surface area contributed by atoms with Crippen LogP contribution < -0.4 is 4.90 Å². The molecule has 0 N–H and O–H groups in total. The Bertz CT molecular complexity index is 1350. The van der Waals surface area contributed by atoms with Crippen LogP contribution in [0.3, 0.4) is 0 Å². The van der Waals surface area contributed by atoms with Gasteiger partial charge < -0.3 is 9.47 Å². The number of para-hydroxylation sites is 3. The van der Waals surface area contributed by atoms with Gasteiger partial charge in [-0.15, -0.1) is 0 Å². The zero-order valence-electron chi connectivity index (χ0n) is 16.7. The van der Waals surface area contributed by atoms with E-state index in [2.05, 4.69) is 27.8 Å². The highest BCUT2D eigenvalue weighted by Gasteiger charge is 2.21. The molecule has 5 aromatic rings. The van der Waals surface area contributed by atoms with Crippen molar-refractivity contribution >= 4 is 33.4 Å². The van der Waals surface area contributed by atoms with E-state index in [0.29, 0.717) is 12.2 Å². The molecule has 0 saturated carbocycles. The summed E-state index contributed by atoms with van der Waals surface area (Å²) in [5, 5.41) is 2.19. The molecule has 2 aromatic heterocycles. The van der Waals surface area contributed by atoms with Crippen LogP contribution in [0, 0.1) is 0 Å². The summed E-state index contributed by atoms with van der Waals surface area (Å²) in [6, 6.07) is 31.8. The van der Waals surface area contributed by atoms with Gasteiger partial charge in [0.1, 0.15) is 5.69 Å². The van der Waals surface area contributed by atoms with Crippen LogP contribution >= 0.6 is 0 Å². The summed E-state index contributed by atoms with van der Waals surface area (Å²) < 4.78 is 2.15. The highest BCUT2D eigenvalue weighted by molar-refractivity contribution is 6.05. The normalized spacial score (nSPS) is 11.1. The van der Waals surface area contributed by atoms with Gasteiger partial charge >= 0.3 is 0 Å². The van der Waals surface area contributed by atoms with Crippen LogP contribution in [-0.4, -0.2) is 15.5 Å². The fourth-order valence-corrected chi connectivity index (χ4v) is 3.87. The highest BCUT2D eigenvalue weighted by atomic mass is 16.2. The minimum atomic E-state index is -0.114. The number of hydrogen-bond acceptors (Lipinski definition) is 2. The standard InChI is InChI=1S/C26H21N3O/c1-28-22(17-20-10-6-8-14-25(20)28)18-29(21-11-3-2-4-12-21)26(30)24-16-15-19-9-5-7-13-23(19)27-24/h2-17H,18H2,1H3. The summed E-state index contributed by atoms with van der Waals surface area (Å²) >= 11 is 0. The first kappa shape index (κ1) is 18.1. The maximum Gasteiger partial charge on any atom is 0.277 e. The number of carbonyl (C=O) groups is 1. The van der Waals surface area contributed by atoms with Crippen LogP contribution in [0.4, 0.5) is 5.69 Å². The third kappa shape index (κ3) is 3.22. The Kier molecular flexibility index (Phi) is 4.52. The number of anilines is 1. The van der Waals surface area contributed by atoms with Crippen LogP contribution in [0.1, 0.15) is 16.2 Å². The van der Waals surface area contributed by atoms with E-state index in [1.807, 2.05) is 85.9 Å². The van der Waals surface area contributed by atoms with Gasteiger partial charge in [0.2, 0.25) is 0 Å². The van der Waals surface area contributed by atoms with Gasteiger partial charge in [-0.25, -0.2) is 4.98 Å². The molecular weight excluding hydrogens is 370 g/mol. The number of aryl methyl sites for hydroxylation is 1. The number of pyridine rings is 1. The number of carbonyl (C=O) groups excluding carboxylic acids is 1. The van der Waals surface area contributed by atoms with Gasteiger partial charge in [-0.1, -0.05) is 60.7 Å². The van der Waals surface area contributed by atoms with Gasteiger partial charge in [0.05, 0.1) is 12.1 Å². The lowest BCUT2D eigenvalue weighted by Gasteiger charge is -2.23. The van der Waals surface area contributed by atoms with Crippen molar-refractivity contribution in [2.24, 2.45) is 7.05 Å². The Balaban J connectivity index is 1.57. The van der Waals surface area contributed by atoms with Gasteiger partial charge in [0, 0.05) is 29.3 Å². The Labute approximate surface area is 175 Å². The van der Waals surface area contributed by atoms with E-state index in [1.54, 1.807) is 4.90 Å². The SMILES string of the molecule is Cn1c(CN(C(=O)c2ccc3ccccc3n2)c2ccccc2)cc2ccccc21. The first-order valence-electron chi connectivity index (χ1n) is 9.97. The Morgan fingerprint density at radius 1 is 0.833 bits per heavy atom. The van der Waals surface area contributed by atoms with E-state index in [-0.39, 0.29) is 5.91 Å². The maximum absolute atomic E-state index is 13.6. The second-order valence-electron chi connectivity index (χ2n) is 7.37. The molecule has 0 radical (unpaired) electrons. The molecule has 0 aliphatic heterocycles. The van der Waals surface area contributed by atoms with E-state index >= 15 is 0 Å². The lowest BCUT2D eigenvalue weighted by molar-refractivity contribution is 0.0980. The number of benzene rings is 3. The molecule has 5 rings (SSSR count). The molecule has 0 fully saturated rings. The molecule has 2 heterocycles. The zero-order chi connectivity index (χ0) is 20.5. The summed E-state index contributed by atoms with van der Waals surface area (Å²) in [5.74, 6) is -0.114. The molecule has 1 amide bonds. The molecule has 30 heavy (non-hydrogen) atoms. The van der Waals surface area contributed by atoms with Gasteiger partial charge in [0.25, 0.3) is 5.91 Å². The predicted molar refractivity (Wildman–Crippen MR) is 122 cm³/mol. The first-order valence-corrected chi connectivity index (χ1v) is 9.97. The number of rotatable bonds is 4. The van der Waals surface area contributed by atoms with Crippen LogP contribution in [0.2, 0.25) is 0 Å². The summed E-state index contributed by atoms with van der Waals surface area (Å²) in [7, 11) is 2.04. The van der Waals surface area contributed by atoms with Crippen molar-refractivity contribution in [2.75, 3.05) is 4.90 Å². The third-order valence-electron chi connectivity index (χ3n) is 5.50. The minimum absolute atomic E-state index is 0.114. The van der Waals surface area contributed by atoms with Crippen LogP contribution in [0.15, 0.2) is 97.1 Å². The molecule has 0 bridgehead atoms. The Hall–Kier alpha value is -3.92. The fourth-order valence-electron chi connectivity index (χ4n) is 3.87. The molecule has 0 saturated heterocycles. The molecule has 0 spiro atoms. The third-order valence-corrected chi connectivity index (χ3v) is 5.50. The topological polar surface area (TPSA) is 38.1 Å². The zero-order valence-corrected chi connectivity index (χ0v) is 16.7. The molecular formula is C26H21N3O. The smallest absolute Gasteiger partial charge is 0.277 e. The van der Waals surface area contributed by atoms with Crippen LogP contribution in [0.5, 0.6) is 0 Å². The van der Waals surface area contributed by atoms with Crippen molar-refractivity contribution < 1.29 is 4.79 Å². The average molecular weight is 391 g/mol. The summed E-state index contributed by atoms with van der Waals surface area (Å²) in [4.78, 5) is 20.0. The van der Waals surface area contributed by atoms with E-state index in [9.17, 15) is 4.79 Å². The molecule has 0 unspecified atom stereocenters. The van der Waals surface area contributed by atoms with Crippen LogP contribution in [0.25, 0.3) is 21.8 Å².